The van der Waals surface area contributed by atoms with Crippen LogP contribution in [0.3, 0.4) is 0 Å². The molecular formula is C34H44Si2. The van der Waals surface area contributed by atoms with Crippen molar-refractivity contribution in [2.24, 2.45) is 5.92 Å². The Hall–Kier alpha value is -2.17. The summed E-state index contributed by atoms with van der Waals surface area (Å²) in [5, 5.41) is 4.51. The van der Waals surface area contributed by atoms with Crippen molar-refractivity contribution in [3.05, 3.63) is 103 Å². The smallest absolute Gasteiger partial charge is 0.100 e. The van der Waals surface area contributed by atoms with Crippen LogP contribution in [-0.4, -0.2) is 16.1 Å². The molecule has 0 aromatic heterocycles. The van der Waals surface area contributed by atoms with Crippen molar-refractivity contribution in [2.75, 3.05) is 0 Å². The van der Waals surface area contributed by atoms with Crippen LogP contribution in [0.15, 0.2) is 103 Å². The van der Waals surface area contributed by atoms with Crippen molar-refractivity contribution >= 4 is 31.7 Å². The van der Waals surface area contributed by atoms with Gasteiger partial charge in [0.2, 0.25) is 0 Å². The van der Waals surface area contributed by atoms with Crippen molar-refractivity contribution in [3.63, 3.8) is 0 Å². The molecule has 36 heavy (non-hydrogen) atoms. The van der Waals surface area contributed by atoms with Gasteiger partial charge in [-0.2, -0.15) is 0 Å². The van der Waals surface area contributed by atoms with E-state index in [1.54, 1.807) is 0 Å². The maximum atomic E-state index is 4.79. The fraction of sp³-hybridized carbons (Fsp3) is 0.412. The largest absolute Gasteiger partial charge is 0.152 e. The first-order chi connectivity index (χ1) is 17.5. The summed E-state index contributed by atoms with van der Waals surface area (Å²) in [7, 11) is -3.38. The van der Waals surface area contributed by atoms with E-state index < -0.39 is 16.1 Å². The third-order valence-electron chi connectivity index (χ3n) is 9.89. The summed E-state index contributed by atoms with van der Waals surface area (Å²) in [5.41, 5.74) is 3.58. The second-order valence-electron chi connectivity index (χ2n) is 12.3. The van der Waals surface area contributed by atoms with Gasteiger partial charge in [0.05, 0.1) is 8.07 Å². The highest BCUT2D eigenvalue weighted by Crippen LogP contribution is 2.52. The Labute approximate surface area is 221 Å². The zero-order valence-corrected chi connectivity index (χ0v) is 24.5. The van der Waals surface area contributed by atoms with Gasteiger partial charge in [-0.05, 0) is 51.4 Å². The number of benzene rings is 3. The lowest BCUT2D eigenvalue weighted by Crippen LogP contribution is -2.67. The molecule has 5 rings (SSSR count). The van der Waals surface area contributed by atoms with Crippen molar-refractivity contribution in [1.29, 1.82) is 0 Å². The monoisotopic (exact) mass is 508 g/mol. The summed E-state index contributed by atoms with van der Waals surface area (Å²) in [6, 6.07) is 35.2. The van der Waals surface area contributed by atoms with Crippen molar-refractivity contribution in [3.8, 4) is 0 Å². The fourth-order valence-corrected chi connectivity index (χ4v) is 17.0. The molecule has 2 aliphatic carbocycles. The summed E-state index contributed by atoms with van der Waals surface area (Å²) in [6.45, 7) is 10.2. The van der Waals surface area contributed by atoms with E-state index in [4.69, 9.17) is 6.58 Å². The van der Waals surface area contributed by atoms with E-state index in [0.29, 0.717) is 0 Å². The van der Waals surface area contributed by atoms with Gasteiger partial charge >= 0.3 is 0 Å². The number of hydrogen-bond donors (Lipinski definition) is 0. The molecule has 2 saturated carbocycles. The summed E-state index contributed by atoms with van der Waals surface area (Å²) in [6.07, 6.45) is 11.6. The van der Waals surface area contributed by atoms with Crippen LogP contribution in [0, 0.1) is 5.92 Å². The summed E-state index contributed by atoms with van der Waals surface area (Å²) in [4.78, 5) is 0. The Morgan fingerprint density at radius 1 is 0.667 bits per heavy atom. The fourth-order valence-electron chi connectivity index (χ4n) is 7.77. The quantitative estimate of drug-likeness (QED) is 0.156. The van der Waals surface area contributed by atoms with E-state index in [0.717, 1.165) is 23.0 Å². The first kappa shape index (κ1) is 25.5. The van der Waals surface area contributed by atoms with Crippen LogP contribution in [-0.2, 0) is 0 Å². The minimum Gasteiger partial charge on any atom is -0.100 e. The van der Waals surface area contributed by atoms with Crippen LogP contribution in [0.25, 0.3) is 0 Å². The van der Waals surface area contributed by atoms with Crippen LogP contribution >= 0.6 is 0 Å². The van der Waals surface area contributed by atoms with E-state index in [2.05, 4.69) is 104 Å². The third kappa shape index (κ3) is 5.13. The summed E-state index contributed by atoms with van der Waals surface area (Å²) in [5.74, 6) is 0.838. The molecule has 2 aliphatic rings. The summed E-state index contributed by atoms with van der Waals surface area (Å²) >= 11 is 0. The van der Waals surface area contributed by atoms with Gasteiger partial charge < -0.3 is 0 Å². The lowest BCUT2D eigenvalue weighted by molar-refractivity contribution is 0.541. The highest BCUT2D eigenvalue weighted by Gasteiger charge is 2.44. The van der Waals surface area contributed by atoms with Gasteiger partial charge in [-0.15, -0.1) is 6.58 Å². The average Bonchev–Trinajstić information content (AvgIpc) is 3.63. The zero-order valence-electron chi connectivity index (χ0n) is 22.5. The molecule has 188 valence electrons. The van der Waals surface area contributed by atoms with Gasteiger partial charge in [0.1, 0.15) is 0 Å². The van der Waals surface area contributed by atoms with Crippen LogP contribution in [0.4, 0.5) is 0 Å². The zero-order chi connectivity index (χ0) is 25.0. The van der Waals surface area contributed by atoms with Crippen LogP contribution in [0.1, 0.15) is 51.4 Å². The average molecular weight is 509 g/mol. The molecule has 2 unspecified atom stereocenters. The predicted molar refractivity (Wildman–Crippen MR) is 163 cm³/mol. The van der Waals surface area contributed by atoms with Crippen LogP contribution in [0.5, 0.6) is 0 Å². The van der Waals surface area contributed by atoms with Crippen LogP contribution in [0.2, 0.25) is 30.2 Å². The minimum absolute atomic E-state index is 0.838. The Morgan fingerprint density at radius 3 is 1.61 bits per heavy atom. The standard InChI is InChI=1S/C34H44Si2/c1-28(25-29-23-24-34(26-29)35(2,3)30-15-13-14-16-30)27-36(31-17-7-4-8-18-31,32-19-9-5-10-20-32)33-21-11-6-12-22-33/h4-12,17-22,29-30,34H,1,13-16,23-27H2,2-3H3. The Morgan fingerprint density at radius 2 is 1.14 bits per heavy atom. The molecule has 2 atom stereocenters. The molecular weight excluding hydrogens is 465 g/mol. The van der Waals surface area contributed by atoms with Gasteiger partial charge in [-0.25, -0.2) is 0 Å². The lowest BCUT2D eigenvalue weighted by atomic mass is 10.00. The van der Waals surface area contributed by atoms with Crippen LogP contribution < -0.4 is 15.6 Å². The molecule has 0 nitrogen and oxygen atoms in total. The SMILES string of the molecule is C=C(CC1CCC([Si](C)(C)C2CCCC2)C1)C[Si](c1ccccc1)(c1ccccc1)c1ccccc1. The molecule has 0 bridgehead atoms. The van der Waals surface area contributed by atoms with Gasteiger partial charge in [0.15, 0.2) is 8.07 Å². The van der Waals surface area contributed by atoms with E-state index in [9.17, 15) is 0 Å². The molecule has 0 radical (unpaired) electrons. The number of allylic oxidation sites excluding steroid dienone is 1. The molecule has 0 heterocycles. The molecule has 0 amide bonds. The maximum absolute atomic E-state index is 4.79. The van der Waals surface area contributed by atoms with Gasteiger partial charge in [-0.3, -0.25) is 0 Å². The third-order valence-corrected chi connectivity index (χ3v) is 20.2. The summed E-state index contributed by atoms with van der Waals surface area (Å²) < 4.78 is 0. The predicted octanol–water partition coefficient (Wildman–Crippen LogP) is 7.93. The minimum atomic E-state index is -2.22. The van der Waals surface area contributed by atoms with E-state index in [1.807, 2.05) is 0 Å². The van der Waals surface area contributed by atoms with Crippen molar-refractivity contribution in [2.45, 2.75) is 81.6 Å². The second kappa shape index (κ2) is 11.1. The first-order valence-corrected chi connectivity index (χ1v) is 19.7. The highest BCUT2D eigenvalue weighted by molar-refractivity contribution is 7.11. The van der Waals surface area contributed by atoms with Crippen molar-refractivity contribution in [1.82, 2.24) is 0 Å². The topological polar surface area (TPSA) is 0 Å². The molecule has 0 saturated heterocycles. The molecule has 0 aliphatic heterocycles. The lowest BCUT2D eigenvalue weighted by Gasteiger charge is -2.36. The Balaban J connectivity index is 1.40. The second-order valence-corrected chi connectivity index (χ2v) is 21.5. The van der Waals surface area contributed by atoms with E-state index in [-0.39, 0.29) is 0 Å². The maximum Gasteiger partial charge on any atom is 0.152 e. The van der Waals surface area contributed by atoms with Gasteiger partial charge in [0, 0.05) is 0 Å². The van der Waals surface area contributed by atoms with E-state index in [1.165, 1.54) is 72.5 Å². The van der Waals surface area contributed by atoms with Crippen molar-refractivity contribution < 1.29 is 0 Å². The Kier molecular flexibility index (Phi) is 7.83. The molecule has 0 spiro atoms. The Bertz CT molecular complexity index is 1020. The number of rotatable bonds is 9. The first-order valence-electron chi connectivity index (χ1n) is 14.3. The number of hydrogen-bond acceptors (Lipinski definition) is 0. The van der Waals surface area contributed by atoms with Gasteiger partial charge in [0.25, 0.3) is 0 Å². The normalized spacial score (nSPS) is 21.1. The molecule has 2 fully saturated rings. The molecule has 3 aromatic carbocycles. The van der Waals surface area contributed by atoms with E-state index >= 15 is 0 Å². The highest BCUT2D eigenvalue weighted by atomic mass is 28.3. The molecule has 0 N–H and O–H groups in total. The molecule has 3 aromatic rings. The molecule has 2 heteroatoms. The van der Waals surface area contributed by atoms with Gasteiger partial charge in [-0.1, -0.05) is 148 Å².